The van der Waals surface area contributed by atoms with E-state index >= 15 is 0 Å². The van der Waals surface area contributed by atoms with E-state index in [0.717, 1.165) is 6.07 Å². The summed E-state index contributed by atoms with van der Waals surface area (Å²) < 4.78 is 41.7. The highest BCUT2D eigenvalue weighted by Gasteiger charge is 2.38. The van der Waals surface area contributed by atoms with Crippen LogP contribution in [0.1, 0.15) is 11.3 Å². The molecule has 7 heteroatoms. The molecule has 1 aromatic heterocycles. The van der Waals surface area contributed by atoms with Gasteiger partial charge in [-0.3, -0.25) is 4.79 Å². The molecule has 0 aliphatic carbocycles. The lowest BCUT2D eigenvalue weighted by Crippen LogP contribution is -2.04. The van der Waals surface area contributed by atoms with Gasteiger partial charge in [0.15, 0.2) is 0 Å². The van der Waals surface area contributed by atoms with Gasteiger partial charge in [0, 0.05) is 0 Å². The molecule has 17 heavy (non-hydrogen) atoms. The van der Waals surface area contributed by atoms with Crippen LogP contribution in [0.5, 0.6) is 0 Å². The van der Waals surface area contributed by atoms with Crippen molar-refractivity contribution >= 4 is 16.9 Å². The molecule has 0 fully saturated rings. The molecule has 1 aromatic carbocycles. The quantitative estimate of drug-likeness (QED) is 0.882. The molecule has 0 saturated heterocycles. The number of aliphatic carboxylic acids is 1. The first kappa shape index (κ1) is 11.4. The number of fused-ring (bicyclic) bond motifs is 1. The number of benzene rings is 1. The van der Waals surface area contributed by atoms with Crippen molar-refractivity contribution in [2.75, 3.05) is 0 Å². The molecule has 0 atom stereocenters. The van der Waals surface area contributed by atoms with Gasteiger partial charge in [-0.15, -0.1) is 0 Å². The summed E-state index contributed by atoms with van der Waals surface area (Å²) in [5, 5.41) is 11.6. The molecule has 0 radical (unpaired) electrons. The average molecular weight is 245 g/mol. The minimum atomic E-state index is -4.64. The van der Waals surface area contributed by atoms with E-state index in [-0.39, 0.29) is 22.9 Å². The van der Waals surface area contributed by atoms with E-state index in [1.807, 2.05) is 0 Å². The molecule has 0 amide bonds. The van der Waals surface area contributed by atoms with Gasteiger partial charge in [-0.1, -0.05) is 11.2 Å². The monoisotopic (exact) mass is 245 g/mol. The topological polar surface area (TPSA) is 63.3 Å². The van der Waals surface area contributed by atoms with E-state index in [1.54, 1.807) is 0 Å². The van der Waals surface area contributed by atoms with Gasteiger partial charge in [0.25, 0.3) is 0 Å². The smallest absolute Gasteiger partial charge is 0.453 e. The molecule has 90 valence electrons. The molecule has 4 nitrogen and oxygen atoms in total. The summed E-state index contributed by atoms with van der Waals surface area (Å²) in [7, 11) is 0. The molecule has 1 N–H and O–H groups in total. The summed E-state index contributed by atoms with van der Waals surface area (Å²) in [6.07, 6.45) is -4.99. The number of alkyl halides is 3. The first-order chi connectivity index (χ1) is 7.88. The average Bonchev–Trinajstić information content (AvgIpc) is 2.58. The highest BCUT2D eigenvalue weighted by atomic mass is 19.4. The summed E-state index contributed by atoms with van der Waals surface area (Å²) in [6, 6.07) is 3.83. The molecule has 2 aromatic rings. The number of carbonyl (C=O) groups is 1. The number of halogens is 3. The van der Waals surface area contributed by atoms with Gasteiger partial charge in [0.05, 0.1) is 11.8 Å². The first-order valence-electron chi connectivity index (χ1n) is 4.55. The number of carboxylic acid groups (broad SMARTS) is 1. The second kappa shape index (κ2) is 3.76. The number of rotatable bonds is 2. The number of nitrogens with zero attached hydrogens (tertiary/aromatic N) is 1. The number of hydrogen-bond acceptors (Lipinski definition) is 3. The zero-order valence-electron chi connectivity index (χ0n) is 8.28. The largest absolute Gasteiger partial charge is 0.481 e. The van der Waals surface area contributed by atoms with Crippen molar-refractivity contribution in [1.82, 2.24) is 5.16 Å². The lowest BCUT2D eigenvalue weighted by molar-refractivity contribution is -0.154. The van der Waals surface area contributed by atoms with Gasteiger partial charge >= 0.3 is 12.1 Å². The maximum atomic E-state index is 12.5. The van der Waals surface area contributed by atoms with Gasteiger partial charge in [-0.25, -0.2) is 0 Å². The fourth-order valence-electron chi connectivity index (χ4n) is 1.48. The molecule has 0 saturated carbocycles. The zero-order valence-corrected chi connectivity index (χ0v) is 8.28. The molecular weight excluding hydrogens is 239 g/mol. The predicted molar refractivity (Wildman–Crippen MR) is 50.4 cm³/mol. The zero-order chi connectivity index (χ0) is 12.6. The van der Waals surface area contributed by atoms with Crippen molar-refractivity contribution in [1.29, 1.82) is 0 Å². The highest BCUT2D eigenvalue weighted by molar-refractivity contribution is 5.83. The molecule has 0 aliphatic rings. The summed E-state index contributed by atoms with van der Waals surface area (Å²) in [4.78, 5) is 10.5. The van der Waals surface area contributed by atoms with E-state index in [1.165, 1.54) is 12.1 Å². The van der Waals surface area contributed by atoms with Crippen LogP contribution in [-0.2, 0) is 17.4 Å². The Morgan fingerprint density at radius 3 is 2.71 bits per heavy atom. The molecule has 0 aliphatic heterocycles. The van der Waals surface area contributed by atoms with Crippen molar-refractivity contribution in [3.63, 3.8) is 0 Å². The normalized spacial score (nSPS) is 11.9. The van der Waals surface area contributed by atoms with Crippen LogP contribution in [0.15, 0.2) is 22.7 Å². The van der Waals surface area contributed by atoms with E-state index < -0.39 is 17.9 Å². The third kappa shape index (κ3) is 2.22. The Morgan fingerprint density at radius 1 is 1.41 bits per heavy atom. The maximum absolute atomic E-state index is 12.5. The number of aromatic nitrogens is 1. The van der Waals surface area contributed by atoms with Crippen molar-refractivity contribution in [2.24, 2.45) is 0 Å². The van der Waals surface area contributed by atoms with Crippen LogP contribution in [-0.4, -0.2) is 16.2 Å². The third-order valence-electron chi connectivity index (χ3n) is 2.15. The van der Waals surface area contributed by atoms with E-state index in [4.69, 9.17) is 5.11 Å². The van der Waals surface area contributed by atoms with Gasteiger partial charge in [0.1, 0.15) is 5.52 Å². The predicted octanol–water partition coefficient (Wildman–Crippen LogP) is 2.47. The van der Waals surface area contributed by atoms with Crippen molar-refractivity contribution in [3.05, 3.63) is 29.5 Å². The Hall–Kier alpha value is -2.05. The van der Waals surface area contributed by atoms with Gasteiger partial charge in [-0.05, 0) is 17.7 Å². The van der Waals surface area contributed by atoms with Crippen molar-refractivity contribution in [3.8, 4) is 0 Å². The Labute approximate surface area is 92.6 Å². The Morgan fingerprint density at radius 2 is 2.12 bits per heavy atom. The molecule has 1 heterocycles. The Balaban J connectivity index is 2.54. The molecule has 0 spiro atoms. The third-order valence-corrected chi connectivity index (χ3v) is 2.15. The molecule has 0 bridgehead atoms. The van der Waals surface area contributed by atoms with E-state index in [0.29, 0.717) is 0 Å². The second-order valence-corrected chi connectivity index (χ2v) is 3.43. The van der Waals surface area contributed by atoms with Gasteiger partial charge in [0.2, 0.25) is 5.76 Å². The van der Waals surface area contributed by atoms with Crippen LogP contribution in [0.4, 0.5) is 13.2 Å². The van der Waals surface area contributed by atoms with Crippen LogP contribution in [0, 0.1) is 0 Å². The van der Waals surface area contributed by atoms with E-state index in [2.05, 4.69) is 9.68 Å². The van der Waals surface area contributed by atoms with Crippen LogP contribution in [0.3, 0.4) is 0 Å². The summed E-state index contributed by atoms with van der Waals surface area (Å²) >= 11 is 0. The van der Waals surface area contributed by atoms with Crippen LogP contribution in [0.2, 0.25) is 0 Å². The van der Waals surface area contributed by atoms with Crippen molar-refractivity contribution in [2.45, 2.75) is 12.6 Å². The SMILES string of the molecule is O=C(O)Cc1ccc2noc(C(F)(F)F)c2c1. The first-order valence-corrected chi connectivity index (χ1v) is 4.55. The highest BCUT2D eigenvalue weighted by Crippen LogP contribution is 2.35. The fourth-order valence-corrected chi connectivity index (χ4v) is 1.48. The molecular formula is C10H6F3NO3. The minimum absolute atomic E-state index is 0.0477. The van der Waals surface area contributed by atoms with Crippen LogP contribution >= 0.6 is 0 Å². The minimum Gasteiger partial charge on any atom is -0.481 e. The number of carboxylic acids is 1. The Kier molecular flexibility index (Phi) is 2.53. The lowest BCUT2D eigenvalue weighted by Gasteiger charge is -2.01. The fraction of sp³-hybridized carbons (Fsp3) is 0.200. The Bertz CT molecular complexity index is 574. The number of hydrogen-bond donors (Lipinski definition) is 1. The van der Waals surface area contributed by atoms with Crippen LogP contribution in [0.25, 0.3) is 10.9 Å². The van der Waals surface area contributed by atoms with Crippen LogP contribution < -0.4 is 0 Å². The second-order valence-electron chi connectivity index (χ2n) is 3.43. The van der Waals surface area contributed by atoms with Gasteiger partial charge < -0.3 is 9.63 Å². The summed E-state index contributed by atoms with van der Waals surface area (Å²) in [5.41, 5.74) is 0.310. The van der Waals surface area contributed by atoms with E-state index in [9.17, 15) is 18.0 Å². The maximum Gasteiger partial charge on any atom is 0.453 e. The lowest BCUT2D eigenvalue weighted by atomic mass is 10.1. The molecule has 0 unspecified atom stereocenters. The summed E-state index contributed by atoms with van der Waals surface area (Å²) in [5.74, 6) is -2.32. The van der Waals surface area contributed by atoms with Gasteiger partial charge in [-0.2, -0.15) is 13.2 Å². The van der Waals surface area contributed by atoms with Crippen molar-refractivity contribution < 1.29 is 27.6 Å². The molecule has 2 rings (SSSR count). The summed E-state index contributed by atoms with van der Waals surface area (Å²) in [6.45, 7) is 0. The standard InChI is InChI=1S/C10H6F3NO3/c11-10(12,13)9-6-3-5(4-8(15)16)1-2-7(6)14-17-9/h1-3H,4H2,(H,15,16).